The normalized spacial score (nSPS) is 11.1. The van der Waals surface area contributed by atoms with Crippen molar-refractivity contribution in [3.63, 3.8) is 0 Å². The van der Waals surface area contributed by atoms with Gasteiger partial charge in [0.05, 0.1) is 30.2 Å². The van der Waals surface area contributed by atoms with E-state index in [1.807, 2.05) is 48.5 Å². The maximum Gasteiger partial charge on any atom is 0.190 e. The van der Waals surface area contributed by atoms with E-state index in [2.05, 4.69) is 0 Å². The minimum atomic E-state index is 0.437. The van der Waals surface area contributed by atoms with Crippen molar-refractivity contribution < 1.29 is 18.3 Å². The minimum absolute atomic E-state index is 0.437. The molecule has 0 bridgehead atoms. The lowest BCUT2D eigenvalue weighted by molar-refractivity contribution is 0.269. The van der Waals surface area contributed by atoms with Gasteiger partial charge in [-0.1, -0.05) is 18.2 Å². The van der Waals surface area contributed by atoms with Gasteiger partial charge in [0.25, 0.3) is 0 Å². The summed E-state index contributed by atoms with van der Waals surface area (Å²) in [5.41, 5.74) is 1.40. The molecule has 0 spiro atoms. The van der Waals surface area contributed by atoms with Gasteiger partial charge in [0.2, 0.25) is 0 Å². The first-order valence-electron chi connectivity index (χ1n) is 8.56. The smallest absolute Gasteiger partial charge is 0.190 e. The number of benzene rings is 2. The van der Waals surface area contributed by atoms with Crippen LogP contribution in [0.1, 0.15) is 12.8 Å². The molecule has 0 amide bonds. The molecule has 2 aromatic heterocycles. The number of rotatable bonds is 7. The number of unbranched alkanes of at least 4 members (excludes halogenated alkanes) is 1. The summed E-state index contributed by atoms with van der Waals surface area (Å²) in [7, 11) is 0. The zero-order valence-electron chi connectivity index (χ0n) is 14.1. The topological polar surface area (TPSA) is 44.7 Å². The zero-order valence-corrected chi connectivity index (χ0v) is 15.0. The Bertz CT molecular complexity index is 1070. The summed E-state index contributed by atoms with van der Waals surface area (Å²) >= 11 is 5.11. The quantitative estimate of drug-likeness (QED) is 0.290. The first-order valence-corrected chi connectivity index (χ1v) is 8.97. The number of fused-ring (bicyclic) bond motifs is 2. The van der Waals surface area contributed by atoms with Crippen LogP contribution in [0.25, 0.3) is 21.9 Å². The van der Waals surface area contributed by atoms with E-state index < -0.39 is 0 Å². The second-order valence-electron chi connectivity index (χ2n) is 5.92. The van der Waals surface area contributed by atoms with E-state index in [-0.39, 0.29) is 0 Å². The molecule has 0 aliphatic carbocycles. The molecule has 0 fully saturated rings. The lowest BCUT2D eigenvalue weighted by atomic mass is 10.1. The molecule has 0 saturated carbocycles. The predicted octanol–water partition coefficient (Wildman–Crippen LogP) is 6.15. The van der Waals surface area contributed by atoms with Crippen molar-refractivity contribution in [2.75, 3.05) is 13.2 Å². The fraction of sp³-hybridized carbons (Fsp3) is 0.190. The van der Waals surface area contributed by atoms with Crippen molar-refractivity contribution >= 4 is 34.2 Å². The number of para-hydroxylation sites is 1. The number of hydrogen-bond acceptors (Lipinski definition) is 5. The fourth-order valence-corrected chi connectivity index (χ4v) is 3.01. The summed E-state index contributed by atoms with van der Waals surface area (Å²) in [6.07, 6.45) is 3.45. The number of ether oxygens (including phenoxy) is 2. The van der Waals surface area contributed by atoms with Gasteiger partial charge in [-0.05, 0) is 55.4 Å². The van der Waals surface area contributed by atoms with Crippen LogP contribution in [-0.4, -0.2) is 13.2 Å². The summed E-state index contributed by atoms with van der Waals surface area (Å²) < 4.78 is 23.3. The van der Waals surface area contributed by atoms with Gasteiger partial charge in [0.1, 0.15) is 22.7 Å². The molecular weight excluding hydrogens is 348 g/mol. The van der Waals surface area contributed by atoms with Crippen molar-refractivity contribution in [1.82, 2.24) is 0 Å². The van der Waals surface area contributed by atoms with Gasteiger partial charge < -0.3 is 18.3 Å². The van der Waals surface area contributed by atoms with E-state index >= 15 is 0 Å². The molecule has 132 valence electrons. The van der Waals surface area contributed by atoms with Gasteiger partial charge in [-0.3, -0.25) is 0 Å². The van der Waals surface area contributed by atoms with Gasteiger partial charge >= 0.3 is 0 Å². The van der Waals surface area contributed by atoms with Gasteiger partial charge in [-0.25, -0.2) is 0 Å². The first kappa shape index (κ1) is 16.7. The van der Waals surface area contributed by atoms with E-state index in [0.717, 1.165) is 40.7 Å². The largest absolute Gasteiger partial charge is 0.494 e. The second kappa shape index (κ2) is 7.62. The van der Waals surface area contributed by atoms with Crippen LogP contribution in [0.4, 0.5) is 0 Å². The van der Waals surface area contributed by atoms with E-state index in [0.29, 0.717) is 23.5 Å². The number of hydrogen-bond donors (Lipinski definition) is 0. The molecule has 0 aliphatic rings. The standard InChI is InChI=1S/C21H18O4S/c26-20-9-8-16-19(25-20)14-18-17(10-13-23-18)21(16)24-12-5-4-11-22-15-6-2-1-3-7-15/h1-3,6-10,13-14H,4-5,11-12H2. The molecule has 26 heavy (non-hydrogen) atoms. The average Bonchev–Trinajstić information content (AvgIpc) is 3.12. The SMILES string of the molecule is S=c1ccc2c(OCCCCOc3ccccc3)c3ccoc3cc2o1. The van der Waals surface area contributed by atoms with E-state index in [4.69, 9.17) is 30.5 Å². The van der Waals surface area contributed by atoms with Gasteiger partial charge in [0, 0.05) is 6.07 Å². The molecule has 0 unspecified atom stereocenters. The molecule has 2 heterocycles. The molecule has 2 aromatic carbocycles. The Morgan fingerprint density at radius 2 is 1.58 bits per heavy atom. The van der Waals surface area contributed by atoms with Gasteiger partial charge in [-0.15, -0.1) is 0 Å². The molecule has 0 radical (unpaired) electrons. The molecule has 4 nitrogen and oxygen atoms in total. The lowest BCUT2D eigenvalue weighted by Gasteiger charge is -2.10. The highest BCUT2D eigenvalue weighted by atomic mass is 32.1. The third kappa shape index (κ3) is 3.58. The summed E-state index contributed by atoms with van der Waals surface area (Å²) in [6, 6.07) is 17.3. The lowest BCUT2D eigenvalue weighted by Crippen LogP contribution is -2.03. The first-order chi connectivity index (χ1) is 12.8. The Kier molecular flexibility index (Phi) is 4.88. The highest BCUT2D eigenvalue weighted by molar-refractivity contribution is 7.71. The summed E-state index contributed by atoms with van der Waals surface area (Å²) in [4.78, 5) is 0. The second-order valence-corrected chi connectivity index (χ2v) is 6.32. The van der Waals surface area contributed by atoms with Crippen molar-refractivity contribution in [1.29, 1.82) is 0 Å². The van der Waals surface area contributed by atoms with Crippen LogP contribution < -0.4 is 9.47 Å². The van der Waals surface area contributed by atoms with E-state index in [1.165, 1.54) is 0 Å². The van der Waals surface area contributed by atoms with Crippen molar-refractivity contribution in [3.05, 3.63) is 65.6 Å². The van der Waals surface area contributed by atoms with Crippen LogP contribution in [0.15, 0.2) is 69.7 Å². The minimum Gasteiger partial charge on any atom is -0.494 e. The van der Waals surface area contributed by atoms with Crippen LogP contribution in [0.3, 0.4) is 0 Å². The Balaban J connectivity index is 1.41. The van der Waals surface area contributed by atoms with E-state index in [9.17, 15) is 0 Å². The Morgan fingerprint density at radius 3 is 2.42 bits per heavy atom. The predicted molar refractivity (Wildman–Crippen MR) is 103 cm³/mol. The highest BCUT2D eigenvalue weighted by Crippen LogP contribution is 2.35. The van der Waals surface area contributed by atoms with Crippen LogP contribution in [-0.2, 0) is 0 Å². The van der Waals surface area contributed by atoms with Crippen molar-refractivity contribution in [2.45, 2.75) is 12.8 Å². The molecular formula is C21H18O4S. The molecule has 0 aliphatic heterocycles. The van der Waals surface area contributed by atoms with Gasteiger partial charge in [0.15, 0.2) is 4.71 Å². The third-order valence-corrected chi connectivity index (χ3v) is 4.33. The molecule has 4 aromatic rings. The summed E-state index contributed by atoms with van der Waals surface area (Å²) in [5.74, 6) is 1.66. The zero-order chi connectivity index (χ0) is 17.8. The maximum atomic E-state index is 6.07. The van der Waals surface area contributed by atoms with Crippen LogP contribution >= 0.6 is 12.2 Å². The van der Waals surface area contributed by atoms with E-state index in [1.54, 1.807) is 12.3 Å². The highest BCUT2D eigenvalue weighted by Gasteiger charge is 2.12. The average molecular weight is 366 g/mol. The maximum absolute atomic E-state index is 6.07. The molecule has 0 saturated heterocycles. The molecule has 0 N–H and O–H groups in total. The van der Waals surface area contributed by atoms with Crippen molar-refractivity contribution in [3.8, 4) is 11.5 Å². The van der Waals surface area contributed by atoms with Crippen LogP contribution in [0.5, 0.6) is 11.5 Å². The Morgan fingerprint density at radius 1 is 0.808 bits per heavy atom. The Hall–Kier alpha value is -2.79. The molecule has 4 rings (SSSR count). The molecule has 0 atom stereocenters. The monoisotopic (exact) mass is 366 g/mol. The van der Waals surface area contributed by atoms with Crippen LogP contribution in [0, 0.1) is 4.71 Å². The molecule has 5 heteroatoms. The fourth-order valence-electron chi connectivity index (χ4n) is 2.85. The Labute approximate surface area is 155 Å². The van der Waals surface area contributed by atoms with Crippen LogP contribution in [0.2, 0.25) is 0 Å². The number of furan rings is 1. The summed E-state index contributed by atoms with van der Waals surface area (Å²) in [6.45, 7) is 1.26. The third-order valence-electron chi connectivity index (χ3n) is 4.11. The summed E-state index contributed by atoms with van der Waals surface area (Å²) in [5, 5.41) is 1.83. The van der Waals surface area contributed by atoms with Gasteiger partial charge in [-0.2, -0.15) is 0 Å². The van der Waals surface area contributed by atoms with Crippen molar-refractivity contribution in [2.24, 2.45) is 0 Å².